The molecule has 2 N–H and O–H groups in total. The summed E-state index contributed by atoms with van der Waals surface area (Å²) in [5, 5.41) is 0. The van der Waals surface area contributed by atoms with Crippen LogP contribution in [0.2, 0.25) is 0 Å². The van der Waals surface area contributed by atoms with Gasteiger partial charge in [0, 0.05) is 32.6 Å². The molecular weight excluding hydrogens is 290 g/mol. The summed E-state index contributed by atoms with van der Waals surface area (Å²) in [4.78, 5) is 16.7. The predicted molar refractivity (Wildman–Crippen MR) is 93.6 cm³/mol. The molecular formula is C18H29N3O2. The molecule has 128 valence electrons. The molecule has 0 radical (unpaired) electrons. The van der Waals surface area contributed by atoms with E-state index < -0.39 is 0 Å². The summed E-state index contributed by atoms with van der Waals surface area (Å²) in [5.74, 6) is 0.951. The number of nitrogen functional groups attached to an aromatic ring is 1. The average molecular weight is 319 g/mol. The topological polar surface area (TPSA) is 58.8 Å². The maximum absolute atomic E-state index is 12.3. The first-order valence-corrected chi connectivity index (χ1v) is 8.54. The molecule has 0 atom stereocenters. The summed E-state index contributed by atoms with van der Waals surface area (Å²) in [6, 6.07) is 5.81. The lowest BCUT2D eigenvalue weighted by molar-refractivity contribution is -0.132. The zero-order valence-corrected chi connectivity index (χ0v) is 14.5. The zero-order chi connectivity index (χ0) is 16.8. The van der Waals surface area contributed by atoms with Gasteiger partial charge in [0.15, 0.2) is 0 Å². The summed E-state index contributed by atoms with van der Waals surface area (Å²) >= 11 is 0. The highest BCUT2D eigenvalue weighted by Crippen LogP contribution is 2.24. The summed E-state index contributed by atoms with van der Waals surface area (Å²) in [7, 11) is 0. The highest BCUT2D eigenvalue weighted by molar-refractivity contribution is 5.76. The third-order valence-electron chi connectivity index (χ3n) is 4.24. The van der Waals surface area contributed by atoms with Crippen LogP contribution in [0.5, 0.6) is 5.75 Å². The van der Waals surface area contributed by atoms with E-state index in [0.717, 1.165) is 44.7 Å². The molecule has 0 bridgehead atoms. The molecule has 5 nitrogen and oxygen atoms in total. The Morgan fingerprint density at radius 2 is 1.96 bits per heavy atom. The van der Waals surface area contributed by atoms with Gasteiger partial charge in [-0.05, 0) is 44.5 Å². The normalized spacial score (nSPS) is 15.9. The smallest absolute Gasteiger partial charge is 0.222 e. The lowest BCUT2D eigenvalue weighted by atomic mass is 10.1. The summed E-state index contributed by atoms with van der Waals surface area (Å²) in [5.41, 5.74) is 7.75. The Morgan fingerprint density at radius 1 is 1.26 bits per heavy atom. The Balaban J connectivity index is 1.83. The molecule has 1 amide bonds. The van der Waals surface area contributed by atoms with Crippen LogP contribution in [0.15, 0.2) is 18.2 Å². The van der Waals surface area contributed by atoms with Crippen molar-refractivity contribution in [2.45, 2.75) is 39.7 Å². The molecule has 2 rings (SSSR count). The van der Waals surface area contributed by atoms with Crippen LogP contribution in [0.25, 0.3) is 0 Å². The molecule has 1 aromatic rings. The standard InChI is InChI=1S/C18H29N3O2/c1-4-20-9-11-21(12-10-20)18(22)8-6-15-5-7-17(16(19)13-15)23-14(2)3/h5,7,13-14H,4,6,8-12,19H2,1-3H3. The number of aryl methyl sites for hydroxylation is 1. The highest BCUT2D eigenvalue weighted by atomic mass is 16.5. The number of hydrogen-bond acceptors (Lipinski definition) is 4. The molecule has 0 aliphatic carbocycles. The maximum Gasteiger partial charge on any atom is 0.222 e. The number of amides is 1. The lowest BCUT2D eigenvalue weighted by Gasteiger charge is -2.34. The van der Waals surface area contributed by atoms with Crippen molar-refractivity contribution in [1.29, 1.82) is 0 Å². The fourth-order valence-corrected chi connectivity index (χ4v) is 2.84. The second-order valence-electron chi connectivity index (χ2n) is 6.35. The van der Waals surface area contributed by atoms with Gasteiger partial charge in [0.1, 0.15) is 5.75 Å². The molecule has 0 saturated carbocycles. The van der Waals surface area contributed by atoms with E-state index in [4.69, 9.17) is 10.5 Å². The van der Waals surface area contributed by atoms with Crippen LogP contribution in [0.3, 0.4) is 0 Å². The minimum atomic E-state index is 0.103. The SMILES string of the molecule is CCN1CCN(C(=O)CCc2ccc(OC(C)C)c(N)c2)CC1. The Bertz CT molecular complexity index is 523. The molecule has 1 aromatic carbocycles. The van der Waals surface area contributed by atoms with Gasteiger partial charge in [-0.2, -0.15) is 0 Å². The molecule has 1 saturated heterocycles. The monoisotopic (exact) mass is 319 g/mol. The van der Waals surface area contributed by atoms with Crippen LogP contribution >= 0.6 is 0 Å². The van der Waals surface area contributed by atoms with Crippen molar-refractivity contribution >= 4 is 11.6 Å². The van der Waals surface area contributed by atoms with E-state index in [0.29, 0.717) is 17.9 Å². The minimum absolute atomic E-state index is 0.103. The van der Waals surface area contributed by atoms with E-state index in [2.05, 4.69) is 11.8 Å². The molecule has 0 unspecified atom stereocenters. The van der Waals surface area contributed by atoms with Crippen molar-refractivity contribution in [2.24, 2.45) is 0 Å². The molecule has 1 aliphatic rings. The van der Waals surface area contributed by atoms with Crippen molar-refractivity contribution in [1.82, 2.24) is 9.80 Å². The van der Waals surface area contributed by atoms with Crippen LogP contribution < -0.4 is 10.5 Å². The number of nitrogens with two attached hydrogens (primary N) is 1. The highest BCUT2D eigenvalue weighted by Gasteiger charge is 2.19. The molecule has 1 fully saturated rings. The second-order valence-corrected chi connectivity index (χ2v) is 6.35. The number of carbonyl (C=O) groups is 1. The van der Waals surface area contributed by atoms with Gasteiger partial charge >= 0.3 is 0 Å². The first-order valence-electron chi connectivity index (χ1n) is 8.54. The van der Waals surface area contributed by atoms with Crippen LogP contribution in [-0.2, 0) is 11.2 Å². The summed E-state index contributed by atoms with van der Waals surface area (Å²) in [6.45, 7) is 10.8. The number of anilines is 1. The van der Waals surface area contributed by atoms with E-state index in [-0.39, 0.29) is 12.0 Å². The van der Waals surface area contributed by atoms with Gasteiger partial charge in [-0.3, -0.25) is 4.79 Å². The first-order chi connectivity index (χ1) is 11.0. The molecule has 1 aliphatic heterocycles. The van der Waals surface area contributed by atoms with Crippen molar-refractivity contribution < 1.29 is 9.53 Å². The van der Waals surface area contributed by atoms with Gasteiger partial charge < -0.3 is 20.3 Å². The third-order valence-corrected chi connectivity index (χ3v) is 4.24. The largest absolute Gasteiger partial charge is 0.489 e. The van der Waals surface area contributed by atoms with E-state index in [9.17, 15) is 4.79 Å². The van der Waals surface area contributed by atoms with Crippen molar-refractivity contribution in [3.8, 4) is 5.75 Å². The van der Waals surface area contributed by atoms with Crippen LogP contribution in [0.4, 0.5) is 5.69 Å². The number of ether oxygens (including phenoxy) is 1. The number of benzene rings is 1. The van der Waals surface area contributed by atoms with Crippen LogP contribution in [0.1, 0.15) is 32.8 Å². The Morgan fingerprint density at radius 3 is 2.52 bits per heavy atom. The number of nitrogens with zero attached hydrogens (tertiary/aromatic N) is 2. The zero-order valence-electron chi connectivity index (χ0n) is 14.5. The van der Waals surface area contributed by atoms with E-state index in [1.165, 1.54) is 0 Å². The predicted octanol–water partition coefficient (Wildman–Crippen LogP) is 2.15. The Labute approximate surface area is 139 Å². The quantitative estimate of drug-likeness (QED) is 0.816. The second kappa shape index (κ2) is 8.20. The Kier molecular flexibility index (Phi) is 6.28. The van der Waals surface area contributed by atoms with E-state index in [1.54, 1.807) is 0 Å². The van der Waals surface area contributed by atoms with E-state index in [1.807, 2.05) is 36.9 Å². The van der Waals surface area contributed by atoms with Gasteiger partial charge in [-0.1, -0.05) is 13.0 Å². The first kappa shape index (κ1) is 17.6. The van der Waals surface area contributed by atoms with Gasteiger partial charge in [0.05, 0.1) is 11.8 Å². The van der Waals surface area contributed by atoms with Gasteiger partial charge in [-0.15, -0.1) is 0 Å². The number of carbonyl (C=O) groups excluding carboxylic acids is 1. The molecule has 0 aromatic heterocycles. The fraction of sp³-hybridized carbons (Fsp3) is 0.611. The van der Waals surface area contributed by atoms with Crippen molar-refractivity contribution in [2.75, 3.05) is 38.5 Å². The lowest BCUT2D eigenvalue weighted by Crippen LogP contribution is -2.48. The van der Waals surface area contributed by atoms with Gasteiger partial charge in [0.2, 0.25) is 5.91 Å². The average Bonchev–Trinajstić information content (AvgIpc) is 2.54. The van der Waals surface area contributed by atoms with Crippen molar-refractivity contribution in [3.63, 3.8) is 0 Å². The molecule has 23 heavy (non-hydrogen) atoms. The molecule has 5 heteroatoms. The number of hydrogen-bond donors (Lipinski definition) is 1. The minimum Gasteiger partial charge on any atom is -0.489 e. The van der Waals surface area contributed by atoms with Gasteiger partial charge in [0.25, 0.3) is 0 Å². The molecule has 1 heterocycles. The van der Waals surface area contributed by atoms with Crippen LogP contribution in [0, 0.1) is 0 Å². The van der Waals surface area contributed by atoms with Crippen LogP contribution in [-0.4, -0.2) is 54.5 Å². The summed E-state index contributed by atoms with van der Waals surface area (Å²) in [6.07, 6.45) is 1.36. The number of piperazine rings is 1. The van der Waals surface area contributed by atoms with E-state index >= 15 is 0 Å². The number of rotatable bonds is 6. The maximum atomic E-state index is 12.3. The summed E-state index contributed by atoms with van der Waals surface area (Å²) < 4.78 is 5.64. The number of likely N-dealkylation sites (N-methyl/N-ethyl adjacent to an activating group) is 1. The Hall–Kier alpha value is -1.75. The van der Waals surface area contributed by atoms with Crippen molar-refractivity contribution in [3.05, 3.63) is 23.8 Å². The molecule has 0 spiro atoms. The third kappa shape index (κ3) is 5.13. The fourth-order valence-electron chi connectivity index (χ4n) is 2.84. The van der Waals surface area contributed by atoms with Gasteiger partial charge in [-0.25, -0.2) is 0 Å².